The van der Waals surface area contributed by atoms with Crippen LogP contribution in [0, 0.1) is 13.8 Å². The van der Waals surface area contributed by atoms with Gasteiger partial charge in [0.15, 0.2) is 9.84 Å². The maximum absolute atomic E-state index is 11.7. The molecule has 4 heterocycles. The number of rotatable bonds is 7. The van der Waals surface area contributed by atoms with Gasteiger partial charge in [0, 0.05) is 35.4 Å². The largest absolute Gasteiger partial charge is 0.460 e. The second kappa shape index (κ2) is 10.7. The predicted molar refractivity (Wildman–Crippen MR) is 155 cm³/mol. The van der Waals surface area contributed by atoms with Gasteiger partial charge in [-0.15, -0.1) is 0 Å². The minimum absolute atomic E-state index is 0.195. The molecule has 6 rings (SSSR count). The van der Waals surface area contributed by atoms with Crippen molar-refractivity contribution in [3.05, 3.63) is 90.2 Å². The Morgan fingerprint density at radius 2 is 1.80 bits per heavy atom. The summed E-state index contributed by atoms with van der Waals surface area (Å²) in [5.74, 6) is 4.06. The zero-order valence-corrected chi connectivity index (χ0v) is 23.1. The third-order valence-electron chi connectivity index (χ3n) is 6.95. The fraction of sp³-hybridized carbons (Fsp3) is 0.233. The average Bonchev–Trinajstić information content (AvgIpc) is 3.41. The van der Waals surface area contributed by atoms with Gasteiger partial charge < -0.3 is 14.5 Å². The van der Waals surface area contributed by atoms with Gasteiger partial charge in [-0.1, -0.05) is 0 Å². The summed E-state index contributed by atoms with van der Waals surface area (Å²) in [6.07, 6.45) is 3.26. The number of aryl methyl sites for hydroxylation is 2. The summed E-state index contributed by atoms with van der Waals surface area (Å²) < 4.78 is 35.6. The number of benzene rings is 2. The van der Waals surface area contributed by atoms with Gasteiger partial charge in [0.25, 0.3) is 0 Å². The molecule has 3 aromatic heterocycles. The third kappa shape index (κ3) is 5.83. The standard InChI is InChI=1S/C30H29N5O4S/c1-20-15-23(5-9-28(20)38-24-6-3-21(2)31-17-24)34-30-26-16-22(4-8-27(26)32-19-33-30)29-10-7-25(39-29)18-35-11-13-40(36,37)14-12-35/h3-10,15-17,19H,11-14,18H2,1-2H3,(H,32,33,34). The Morgan fingerprint density at radius 1 is 0.950 bits per heavy atom. The van der Waals surface area contributed by atoms with Crippen molar-refractivity contribution >= 4 is 32.2 Å². The number of nitrogens with zero attached hydrogens (tertiary/aromatic N) is 4. The number of nitrogens with one attached hydrogen (secondary N) is 1. The van der Waals surface area contributed by atoms with Crippen molar-refractivity contribution in [2.24, 2.45) is 0 Å². The number of anilines is 2. The van der Waals surface area contributed by atoms with Gasteiger partial charge in [-0.3, -0.25) is 9.88 Å². The number of hydrogen-bond acceptors (Lipinski definition) is 9. The highest BCUT2D eigenvalue weighted by Gasteiger charge is 2.22. The van der Waals surface area contributed by atoms with E-state index in [0.717, 1.165) is 50.7 Å². The summed E-state index contributed by atoms with van der Waals surface area (Å²) in [6.45, 7) is 5.57. The van der Waals surface area contributed by atoms with Gasteiger partial charge in [-0.05, 0) is 80.1 Å². The fourth-order valence-corrected chi connectivity index (χ4v) is 5.95. The number of furan rings is 1. The van der Waals surface area contributed by atoms with E-state index in [0.29, 0.717) is 31.2 Å². The second-order valence-corrected chi connectivity index (χ2v) is 12.3. The van der Waals surface area contributed by atoms with Crippen LogP contribution in [-0.4, -0.2) is 52.9 Å². The molecule has 0 aliphatic carbocycles. The summed E-state index contributed by atoms with van der Waals surface area (Å²) >= 11 is 0. The van der Waals surface area contributed by atoms with Crippen LogP contribution in [0.5, 0.6) is 11.5 Å². The van der Waals surface area contributed by atoms with Gasteiger partial charge in [-0.25, -0.2) is 18.4 Å². The predicted octanol–water partition coefficient (Wildman–Crippen LogP) is 5.67. The molecule has 1 aliphatic heterocycles. The molecule has 0 bridgehead atoms. The second-order valence-electron chi connectivity index (χ2n) is 9.99. The van der Waals surface area contributed by atoms with Crippen molar-refractivity contribution in [3.8, 4) is 22.8 Å². The van der Waals surface area contributed by atoms with E-state index in [9.17, 15) is 8.42 Å². The van der Waals surface area contributed by atoms with Crippen LogP contribution < -0.4 is 10.1 Å². The number of fused-ring (bicyclic) bond motifs is 1. The first-order valence-electron chi connectivity index (χ1n) is 13.1. The van der Waals surface area contributed by atoms with E-state index in [1.807, 2.05) is 74.5 Å². The fourth-order valence-electron chi connectivity index (χ4n) is 4.68. The van der Waals surface area contributed by atoms with Gasteiger partial charge in [-0.2, -0.15) is 0 Å². The maximum atomic E-state index is 11.7. The monoisotopic (exact) mass is 555 g/mol. The van der Waals surface area contributed by atoms with Crippen LogP contribution in [0.15, 0.2) is 77.6 Å². The summed E-state index contributed by atoms with van der Waals surface area (Å²) in [7, 11) is -2.91. The molecule has 40 heavy (non-hydrogen) atoms. The van der Waals surface area contributed by atoms with Gasteiger partial charge in [0.05, 0.1) is 29.8 Å². The highest BCUT2D eigenvalue weighted by atomic mass is 32.2. The Hall–Kier alpha value is -4.28. The first-order chi connectivity index (χ1) is 19.3. The zero-order valence-electron chi connectivity index (χ0n) is 22.3. The van der Waals surface area contributed by atoms with Crippen LogP contribution in [0.2, 0.25) is 0 Å². The van der Waals surface area contributed by atoms with Gasteiger partial charge in [0.1, 0.15) is 35.2 Å². The summed E-state index contributed by atoms with van der Waals surface area (Å²) in [6, 6.07) is 19.5. The van der Waals surface area contributed by atoms with Crippen molar-refractivity contribution in [2.45, 2.75) is 20.4 Å². The molecule has 0 atom stereocenters. The number of pyridine rings is 1. The van der Waals surface area contributed by atoms with E-state index in [-0.39, 0.29) is 11.5 Å². The zero-order chi connectivity index (χ0) is 27.7. The van der Waals surface area contributed by atoms with E-state index in [4.69, 9.17) is 9.15 Å². The number of aromatic nitrogens is 3. The molecule has 0 unspecified atom stereocenters. The lowest BCUT2D eigenvalue weighted by Crippen LogP contribution is -2.39. The first-order valence-corrected chi connectivity index (χ1v) is 14.9. The minimum atomic E-state index is -2.91. The van der Waals surface area contributed by atoms with Crippen LogP contribution in [0.1, 0.15) is 17.0 Å². The molecule has 0 saturated carbocycles. The topological polar surface area (TPSA) is 110 Å². The molecule has 1 saturated heterocycles. The van der Waals surface area contributed by atoms with Crippen molar-refractivity contribution < 1.29 is 17.6 Å². The SMILES string of the molecule is Cc1ccc(Oc2ccc(Nc3ncnc4ccc(-c5ccc(CN6CCS(=O)(=O)CC6)o5)cc34)cc2C)cn1. The summed E-state index contributed by atoms with van der Waals surface area (Å²) in [5.41, 5.74) is 4.50. The van der Waals surface area contributed by atoms with Gasteiger partial charge in [0.2, 0.25) is 0 Å². The van der Waals surface area contributed by atoms with Gasteiger partial charge >= 0.3 is 0 Å². The van der Waals surface area contributed by atoms with E-state index in [2.05, 4.69) is 25.2 Å². The first kappa shape index (κ1) is 26.0. The molecule has 1 N–H and O–H groups in total. The van der Waals surface area contributed by atoms with Crippen LogP contribution in [-0.2, 0) is 16.4 Å². The highest BCUT2D eigenvalue weighted by Crippen LogP contribution is 2.32. The smallest absolute Gasteiger partial charge is 0.152 e. The number of sulfone groups is 1. The molecule has 10 heteroatoms. The average molecular weight is 556 g/mol. The Bertz CT molecular complexity index is 1770. The Kier molecular flexibility index (Phi) is 6.95. The minimum Gasteiger partial charge on any atom is -0.460 e. The van der Waals surface area contributed by atoms with E-state index >= 15 is 0 Å². The molecule has 9 nitrogen and oxygen atoms in total. The van der Waals surface area contributed by atoms with Crippen molar-refractivity contribution in [2.75, 3.05) is 29.9 Å². The molecule has 0 amide bonds. The lowest BCUT2D eigenvalue weighted by atomic mass is 10.1. The number of hydrogen-bond donors (Lipinski definition) is 1. The molecule has 0 radical (unpaired) electrons. The molecule has 204 valence electrons. The van der Waals surface area contributed by atoms with Crippen molar-refractivity contribution in [1.29, 1.82) is 0 Å². The molecule has 1 aliphatic rings. The van der Waals surface area contributed by atoms with E-state index in [1.54, 1.807) is 12.5 Å². The molecule has 1 fully saturated rings. The highest BCUT2D eigenvalue weighted by molar-refractivity contribution is 7.91. The number of ether oxygens (including phenoxy) is 1. The molecule has 2 aromatic carbocycles. The summed E-state index contributed by atoms with van der Waals surface area (Å²) in [5, 5.41) is 4.29. The van der Waals surface area contributed by atoms with Crippen molar-refractivity contribution in [3.63, 3.8) is 0 Å². The quantitative estimate of drug-likeness (QED) is 0.272. The molecule has 5 aromatic rings. The Morgan fingerprint density at radius 3 is 2.58 bits per heavy atom. The van der Waals surface area contributed by atoms with Crippen molar-refractivity contribution in [1.82, 2.24) is 19.9 Å². The normalized spacial score (nSPS) is 15.2. The third-order valence-corrected chi connectivity index (χ3v) is 8.56. The molecule has 0 spiro atoms. The maximum Gasteiger partial charge on any atom is 0.152 e. The van der Waals surface area contributed by atoms with Crippen LogP contribution >= 0.6 is 0 Å². The lowest BCUT2D eigenvalue weighted by molar-refractivity contribution is 0.263. The molecular weight excluding hydrogens is 526 g/mol. The summed E-state index contributed by atoms with van der Waals surface area (Å²) in [4.78, 5) is 15.3. The van der Waals surface area contributed by atoms with E-state index < -0.39 is 9.84 Å². The Labute approximate surface area is 232 Å². The Balaban J connectivity index is 1.20. The van der Waals surface area contributed by atoms with Crippen LogP contribution in [0.3, 0.4) is 0 Å². The lowest BCUT2D eigenvalue weighted by Gasteiger charge is -2.25. The van der Waals surface area contributed by atoms with Crippen LogP contribution in [0.25, 0.3) is 22.2 Å². The van der Waals surface area contributed by atoms with Crippen LogP contribution in [0.4, 0.5) is 11.5 Å². The molecular formula is C30H29N5O4S. The van der Waals surface area contributed by atoms with E-state index in [1.165, 1.54) is 0 Å².